The summed E-state index contributed by atoms with van der Waals surface area (Å²) in [5.74, 6) is 0.806. The number of thiazole rings is 1. The highest BCUT2D eigenvalue weighted by Gasteiger charge is 2.08. The first-order valence-corrected chi connectivity index (χ1v) is 10.1. The number of nitrogens with zero attached hydrogens (tertiary/aromatic N) is 3. The number of aromatic nitrogens is 1. The quantitative estimate of drug-likeness (QED) is 0.322. The van der Waals surface area contributed by atoms with E-state index >= 15 is 0 Å². The van der Waals surface area contributed by atoms with Gasteiger partial charge in [-0.05, 0) is 37.5 Å². The second-order valence-electron chi connectivity index (χ2n) is 6.35. The number of nitrogens with one attached hydrogen (secondary N) is 2. The summed E-state index contributed by atoms with van der Waals surface area (Å²) in [7, 11) is 3.53. The second kappa shape index (κ2) is 12.7. The van der Waals surface area contributed by atoms with E-state index in [2.05, 4.69) is 27.5 Å². The number of carbonyl (C=O) groups excluding carboxylic acids is 1. The Labute approximate surface area is 188 Å². The fraction of sp³-hybridized carbons (Fsp3) is 0.450. The SMILES string of the molecule is CCNC(=NCc1ncc(CC)s1)NCCc1cccc(C(=O)N(C)C)c1.I. The van der Waals surface area contributed by atoms with Crippen molar-refractivity contribution in [2.45, 2.75) is 33.2 Å². The van der Waals surface area contributed by atoms with E-state index in [1.54, 1.807) is 30.3 Å². The molecule has 2 aromatic rings. The van der Waals surface area contributed by atoms with Crippen LogP contribution in [0, 0.1) is 0 Å². The van der Waals surface area contributed by atoms with Gasteiger partial charge in [-0.25, -0.2) is 9.98 Å². The fourth-order valence-electron chi connectivity index (χ4n) is 2.52. The third-order valence-corrected chi connectivity index (χ3v) is 5.08. The van der Waals surface area contributed by atoms with E-state index in [9.17, 15) is 4.79 Å². The number of benzene rings is 1. The second-order valence-corrected chi connectivity index (χ2v) is 7.55. The summed E-state index contributed by atoms with van der Waals surface area (Å²) in [4.78, 5) is 24.0. The number of hydrogen-bond donors (Lipinski definition) is 2. The van der Waals surface area contributed by atoms with Gasteiger partial charge in [-0.3, -0.25) is 4.79 Å². The lowest BCUT2D eigenvalue weighted by molar-refractivity contribution is 0.0827. The summed E-state index contributed by atoms with van der Waals surface area (Å²) in [5, 5.41) is 7.64. The molecule has 2 N–H and O–H groups in total. The Morgan fingerprint density at radius 1 is 1.25 bits per heavy atom. The summed E-state index contributed by atoms with van der Waals surface area (Å²) in [6.07, 6.45) is 3.75. The van der Waals surface area contributed by atoms with Crippen molar-refractivity contribution in [1.29, 1.82) is 0 Å². The van der Waals surface area contributed by atoms with Gasteiger partial charge in [-0.15, -0.1) is 35.3 Å². The lowest BCUT2D eigenvalue weighted by Crippen LogP contribution is -2.38. The minimum atomic E-state index is 0. The number of rotatable bonds is 8. The molecule has 0 radical (unpaired) electrons. The van der Waals surface area contributed by atoms with Gasteiger partial charge in [-0.2, -0.15) is 0 Å². The third kappa shape index (κ3) is 7.75. The molecule has 1 aromatic carbocycles. The molecule has 0 fully saturated rings. The maximum atomic E-state index is 12.1. The molecule has 0 aliphatic carbocycles. The van der Waals surface area contributed by atoms with E-state index in [-0.39, 0.29) is 29.9 Å². The molecule has 0 aliphatic rings. The highest BCUT2D eigenvalue weighted by Crippen LogP contribution is 2.14. The normalized spacial score (nSPS) is 10.9. The molecule has 1 heterocycles. The molecule has 8 heteroatoms. The van der Waals surface area contributed by atoms with Gasteiger partial charge in [-0.1, -0.05) is 19.1 Å². The number of halogens is 1. The summed E-state index contributed by atoms with van der Waals surface area (Å²) >= 11 is 1.71. The molecule has 28 heavy (non-hydrogen) atoms. The zero-order valence-electron chi connectivity index (χ0n) is 17.0. The zero-order chi connectivity index (χ0) is 19.6. The van der Waals surface area contributed by atoms with Crippen LogP contribution in [-0.2, 0) is 19.4 Å². The summed E-state index contributed by atoms with van der Waals surface area (Å²) < 4.78 is 0. The largest absolute Gasteiger partial charge is 0.357 e. The molecule has 2 rings (SSSR count). The Hall–Kier alpha value is -1.68. The van der Waals surface area contributed by atoms with Crippen molar-refractivity contribution in [3.05, 3.63) is 51.5 Å². The van der Waals surface area contributed by atoms with Crippen molar-refractivity contribution in [2.24, 2.45) is 4.99 Å². The molecular formula is C20H30IN5OS. The molecule has 1 aromatic heterocycles. The third-order valence-electron chi connectivity index (χ3n) is 3.95. The van der Waals surface area contributed by atoms with Gasteiger partial charge in [0.15, 0.2) is 5.96 Å². The van der Waals surface area contributed by atoms with Crippen molar-refractivity contribution in [1.82, 2.24) is 20.5 Å². The Morgan fingerprint density at radius 3 is 2.68 bits per heavy atom. The first-order chi connectivity index (χ1) is 13.0. The molecule has 0 aliphatic heterocycles. The van der Waals surface area contributed by atoms with Gasteiger partial charge in [0.25, 0.3) is 5.91 Å². The minimum Gasteiger partial charge on any atom is -0.357 e. The van der Waals surface area contributed by atoms with Gasteiger partial charge >= 0.3 is 0 Å². The molecule has 1 amide bonds. The highest BCUT2D eigenvalue weighted by atomic mass is 127. The van der Waals surface area contributed by atoms with Crippen LogP contribution in [0.4, 0.5) is 0 Å². The number of guanidine groups is 1. The van der Waals surface area contributed by atoms with Crippen LogP contribution in [0.25, 0.3) is 0 Å². The molecule has 0 spiro atoms. The first kappa shape index (κ1) is 24.4. The van der Waals surface area contributed by atoms with E-state index in [4.69, 9.17) is 0 Å². The summed E-state index contributed by atoms with van der Waals surface area (Å²) in [6, 6.07) is 7.78. The van der Waals surface area contributed by atoms with Crippen LogP contribution < -0.4 is 10.6 Å². The van der Waals surface area contributed by atoms with Crippen LogP contribution in [0.2, 0.25) is 0 Å². The Balaban J connectivity index is 0.00000392. The van der Waals surface area contributed by atoms with Crippen molar-refractivity contribution in [3.63, 3.8) is 0 Å². The van der Waals surface area contributed by atoms with Gasteiger partial charge in [0, 0.05) is 43.8 Å². The standard InChI is InChI=1S/C20H29N5OS.HI/c1-5-17-13-23-18(27-17)14-24-20(21-6-2)22-11-10-15-8-7-9-16(12-15)19(26)25(3)4;/h7-9,12-13H,5-6,10-11,14H2,1-4H3,(H2,21,22,24);1H. The van der Waals surface area contributed by atoms with E-state index < -0.39 is 0 Å². The van der Waals surface area contributed by atoms with Gasteiger partial charge in [0.1, 0.15) is 5.01 Å². The highest BCUT2D eigenvalue weighted by molar-refractivity contribution is 14.0. The van der Waals surface area contributed by atoms with Crippen molar-refractivity contribution < 1.29 is 4.79 Å². The van der Waals surface area contributed by atoms with Gasteiger partial charge in [0.05, 0.1) is 6.54 Å². The number of aryl methyl sites for hydroxylation is 1. The number of aliphatic imine (C=N–C) groups is 1. The predicted octanol–water partition coefficient (Wildman–Crippen LogP) is 3.32. The molecule has 6 nitrogen and oxygen atoms in total. The van der Waals surface area contributed by atoms with Crippen LogP contribution in [0.1, 0.15) is 39.7 Å². The molecule has 154 valence electrons. The van der Waals surface area contributed by atoms with Crippen LogP contribution in [0.5, 0.6) is 0 Å². The first-order valence-electron chi connectivity index (χ1n) is 9.29. The lowest BCUT2D eigenvalue weighted by atomic mass is 10.1. The average molecular weight is 515 g/mol. The number of carbonyl (C=O) groups is 1. The van der Waals surface area contributed by atoms with Gasteiger partial charge < -0.3 is 15.5 Å². The Kier molecular flexibility index (Phi) is 11.1. The number of hydrogen-bond acceptors (Lipinski definition) is 4. The fourth-order valence-corrected chi connectivity index (χ4v) is 3.30. The lowest BCUT2D eigenvalue weighted by Gasteiger charge is -2.13. The summed E-state index contributed by atoms with van der Waals surface area (Å²) in [6.45, 7) is 6.30. The zero-order valence-corrected chi connectivity index (χ0v) is 20.1. The topological polar surface area (TPSA) is 69.6 Å². The predicted molar refractivity (Wildman–Crippen MR) is 128 cm³/mol. The van der Waals surface area contributed by atoms with Gasteiger partial charge in [0.2, 0.25) is 0 Å². The van der Waals surface area contributed by atoms with E-state index in [0.717, 1.165) is 42.5 Å². The molecule has 0 saturated carbocycles. The molecule has 0 atom stereocenters. The van der Waals surface area contributed by atoms with Crippen LogP contribution in [-0.4, -0.2) is 48.9 Å². The monoisotopic (exact) mass is 515 g/mol. The maximum Gasteiger partial charge on any atom is 0.253 e. The van der Waals surface area contributed by atoms with Crippen LogP contribution in [0.3, 0.4) is 0 Å². The van der Waals surface area contributed by atoms with Crippen molar-refractivity contribution >= 4 is 47.2 Å². The Morgan fingerprint density at radius 2 is 2.04 bits per heavy atom. The van der Waals surface area contributed by atoms with E-state index in [0.29, 0.717) is 12.1 Å². The minimum absolute atomic E-state index is 0. The smallest absolute Gasteiger partial charge is 0.253 e. The summed E-state index contributed by atoms with van der Waals surface area (Å²) in [5.41, 5.74) is 1.84. The van der Waals surface area contributed by atoms with Crippen LogP contribution in [0.15, 0.2) is 35.5 Å². The molecule has 0 saturated heterocycles. The van der Waals surface area contributed by atoms with Crippen LogP contribution >= 0.6 is 35.3 Å². The molecule has 0 unspecified atom stereocenters. The maximum absolute atomic E-state index is 12.1. The Bertz CT molecular complexity index is 775. The van der Waals surface area contributed by atoms with E-state index in [1.807, 2.05) is 37.4 Å². The average Bonchev–Trinajstić information content (AvgIpc) is 3.13. The van der Waals surface area contributed by atoms with E-state index in [1.165, 1.54) is 4.88 Å². The molecule has 0 bridgehead atoms. The molecular weight excluding hydrogens is 485 g/mol. The van der Waals surface area contributed by atoms with Crippen molar-refractivity contribution in [3.8, 4) is 0 Å². The van der Waals surface area contributed by atoms with Crippen molar-refractivity contribution in [2.75, 3.05) is 27.2 Å². The number of amides is 1.